The van der Waals surface area contributed by atoms with Gasteiger partial charge in [0.05, 0.1) is 0 Å². The molecule has 56 heavy (non-hydrogen) atoms. The second kappa shape index (κ2) is 15.9. The van der Waals surface area contributed by atoms with E-state index >= 15 is 4.79 Å². The molecule has 5 aromatic rings. The quantitative estimate of drug-likeness (QED) is 0.0724. The lowest BCUT2D eigenvalue weighted by Crippen LogP contribution is -2.75. The van der Waals surface area contributed by atoms with E-state index in [9.17, 15) is 44.7 Å². The van der Waals surface area contributed by atoms with E-state index in [0.29, 0.717) is 0 Å². The van der Waals surface area contributed by atoms with Gasteiger partial charge in [0.15, 0.2) is 6.61 Å². The van der Waals surface area contributed by atoms with E-state index in [2.05, 4.69) is 0 Å². The summed E-state index contributed by atoms with van der Waals surface area (Å²) in [4.78, 5) is 73.2. The molecular weight excluding hydrogens is 724 g/mol. The van der Waals surface area contributed by atoms with Crippen LogP contribution in [0.1, 0.15) is 32.4 Å². The van der Waals surface area contributed by atoms with Crippen LogP contribution in [0.2, 0.25) is 0 Å². The Morgan fingerprint density at radius 2 is 1.04 bits per heavy atom. The van der Waals surface area contributed by atoms with Crippen molar-refractivity contribution in [1.29, 1.82) is 0 Å². The SMILES string of the molecule is O=C(COc1ccccc1)C1(O)O[C@](C(=O)c2ccccc2)([C@@](O)(C(=O)c2ccccc2)C(=O)C(O)c2ccccc2)[C@@H](O)[C@]1(O)C(=O)COc1ccccc1. The number of ketones is 5. The number of carbonyl (C=O) groups excluding carboxylic acids is 5. The van der Waals surface area contributed by atoms with Gasteiger partial charge in [-0.3, -0.25) is 24.0 Å². The van der Waals surface area contributed by atoms with Crippen LogP contribution in [0.25, 0.3) is 0 Å². The Morgan fingerprint density at radius 3 is 1.52 bits per heavy atom. The smallest absolute Gasteiger partial charge is 0.271 e. The lowest BCUT2D eigenvalue weighted by Gasteiger charge is -2.43. The molecule has 5 N–H and O–H groups in total. The minimum absolute atomic E-state index is 0.0590. The van der Waals surface area contributed by atoms with Crippen molar-refractivity contribution in [3.8, 4) is 11.5 Å². The Hall–Kier alpha value is -6.19. The molecule has 0 spiro atoms. The molecule has 0 saturated carbocycles. The fourth-order valence-corrected chi connectivity index (χ4v) is 6.65. The third-order valence-electron chi connectivity index (χ3n) is 9.63. The van der Waals surface area contributed by atoms with E-state index in [1.807, 2.05) is 0 Å². The number of aliphatic hydroxyl groups is 5. The van der Waals surface area contributed by atoms with Crippen molar-refractivity contribution in [3.63, 3.8) is 0 Å². The standard InChI is InChI=1S/C43H36O13/c44-33(26-54-31-22-12-4-13-23-31)40(51)39(50)42(37(48)30-20-10-3-11-21-30,56-43(40,53)34(45)27-55-32-24-14-5-15-25-32)41(52,36(47)29-18-8-2-9-19-29)38(49)35(46)28-16-6-1-7-17-28/h1-25,35,39,46,50-53H,26-27H2/t35?,39-,40+,41+,42-,43?/m0/s1. The molecule has 0 bridgehead atoms. The van der Waals surface area contributed by atoms with Gasteiger partial charge in [0.1, 0.15) is 30.3 Å². The summed E-state index contributed by atoms with van der Waals surface area (Å²) >= 11 is 0. The summed E-state index contributed by atoms with van der Waals surface area (Å²) in [6.45, 7) is -2.39. The van der Waals surface area contributed by atoms with Gasteiger partial charge in [0.2, 0.25) is 45.7 Å². The summed E-state index contributed by atoms with van der Waals surface area (Å²) in [5, 5.41) is 61.9. The van der Waals surface area contributed by atoms with Gasteiger partial charge in [0, 0.05) is 11.1 Å². The number of hydrogen-bond donors (Lipinski definition) is 5. The molecule has 1 aliphatic rings. The van der Waals surface area contributed by atoms with Crippen LogP contribution in [0.5, 0.6) is 11.5 Å². The summed E-state index contributed by atoms with van der Waals surface area (Å²) in [6, 6.07) is 34.9. The first-order valence-electron chi connectivity index (χ1n) is 17.3. The highest BCUT2D eigenvalue weighted by Crippen LogP contribution is 2.53. The first-order valence-corrected chi connectivity index (χ1v) is 17.3. The molecule has 13 heteroatoms. The minimum Gasteiger partial charge on any atom is -0.486 e. The van der Waals surface area contributed by atoms with E-state index in [0.717, 1.165) is 24.3 Å². The van der Waals surface area contributed by atoms with Crippen molar-refractivity contribution in [2.24, 2.45) is 0 Å². The topological polar surface area (TPSA) is 214 Å². The zero-order chi connectivity index (χ0) is 40.1. The minimum atomic E-state index is -4.13. The number of rotatable bonds is 16. The van der Waals surface area contributed by atoms with Gasteiger partial charge in [-0.25, -0.2) is 0 Å². The van der Waals surface area contributed by atoms with Crippen LogP contribution in [0.15, 0.2) is 152 Å². The van der Waals surface area contributed by atoms with Crippen molar-refractivity contribution in [2.45, 2.75) is 34.8 Å². The molecule has 286 valence electrons. The van der Waals surface area contributed by atoms with Gasteiger partial charge in [0.25, 0.3) is 5.79 Å². The first-order chi connectivity index (χ1) is 26.8. The second-order valence-corrected chi connectivity index (χ2v) is 13.0. The van der Waals surface area contributed by atoms with Crippen LogP contribution in [-0.2, 0) is 19.1 Å². The molecule has 1 fully saturated rings. The fourth-order valence-electron chi connectivity index (χ4n) is 6.65. The third kappa shape index (κ3) is 6.62. The molecule has 1 saturated heterocycles. The van der Waals surface area contributed by atoms with Gasteiger partial charge in [-0.1, -0.05) is 127 Å². The van der Waals surface area contributed by atoms with E-state index in [1.54, 1.807) is 42.5 Å². The number of benzene rings is 5. The van der Waals surface area contributed by atoms with Crippen molar-refractivity contribution in [2.75, 3.05) is 13.2 Å². The van der Waals surface area contributed by atoms with Crippen LogP contribution in [0.3, 0.4) is 0 Å². The second-order valence-electron chi connectivity index (χ2n) is 13.0. The van der Waals surface area contributed by atoms with Crippen molar-refractivity contribution in [3.05, 3.63) is 168 Å². The zero-order valence-corrected chi connectivity index (χ0v) is 29.5. The largest absolute Gasteiger partial charge is 0.486 e. The number of aliphatic hydroxyl groups excluding tert-OH is 2. The summed E-state index contributed by atoms with van der Waals surface area (Å²) in [5.41, 5.74) is -13.3. The highest BCUT2D eigenvalue weighted by molar-refractivity contribution is 6.25. The van der Waals surface area contributed by atoms with Crippen LogP contribution < -0.4 is 9.47 Å². The number of carbonyl (C=O) groups is 5. The van der Waals surface area contributed by atoms with E-state index < -0.39 is 88.1 Å². The molecule has 13 nitrogen and oxygen atoms in total. The maximum absolute atomic E-state index is 15.1. The number of para-hydroxylation sites is 2. The average molecular weight is 761 g/mol. The molecule has 1 heterocycles. The summed E-state index contributed by atoms with van der Waals surface area (Å²) < 4.78 is 16.8. The van der Waals surface area contributed by atoms with E-state index in [4.69, 9.17) is 14.2 Å². The molecule has 6 atom stereocenters. The molecule has 0 aromatic heterocycles. The Labute approximate surface area is 320 Å². The first kappa shape index (κ1) is 39.5. The van der Waals surface area contributed by atoms with Crippen LogP contribution in [0, 0.1) is 0 Å². The number of ether oxygens (including phenoxy) is 3. The monoisotopic (exact) mass is 760 g/mol. The molecule has 0 aliphatic carbocycles. The number of Topliss-reactive ketones (excluding diaryl/α,β-unsaturated/α-hetero) is 5. The zero-order valence-electron chi connectivity index (χ0n) is 29.5. The van der Waals surface area contributed by atoms with Gasteiger partial charge >= 0.3 is 0 Å². The lowest BCUT2D eigenvalue weighted by atomic mass is 9.64. The predicted octanol–water partition coefficient (Wildman–Crippen LogP) is 2.63. The molecule has 0 radical (unpaired) electrons. The third-order valence-corrected chi connectivity index (χ3v) is 9.63. The van der Waals surface area contributed by atoms with Gasteiger partial charge in [-0.05, 0) is 29.8 Å². The summed E-state index contributed by atoms with van der Waals surface area (Å²) in [6.07, 6.45) is -5.77. The van der Waals surface area contributed by atoms with Crippen molar-refractivity contribution >= 4 is 28.9 Å². The van der Waals surface area contributed by atoms with Gasteiger partial charge in [-0.15, -0.1) is 0 Å². The summed E-state index contributed by atoms with van der Waals surface area (Å²) in [7, 11) is 0. The van der Waals surface area contributed by atoms with Gasteiger partial charge < -0.3 is 39.7 Å². The lowest BCUT2D eigenvalue weighted by molar-refractivity contribution is -0.264. The molecule has 2 unspecified atom stereocenters. The molecule has 6 rings (SSSR count). The fraction of sp³-hybridized carbons (Fsp3) is 0.186. The predicted molar refractivity (Wildman–Crippen MR) is 197 cm³/mol. The Kier molecular flexibility index (Phi) is 11.2. The molecule has 0 amide bonds. The highest BCUT2D eigenvalue weighted by Gasteiger charge is 2.86. The van der Waals surface area contributed by atoms with Crippen LogP contribution in [-0.4, -0.2) is 96.4 Å². The Bertz CT molecular complexity index is 2200. The highest BCUT2D eigenvalue weighted by atomic mass is 16.7. The van der Waals surface area contributed by atoms with Crippen LogP contribution >= 0.6 is 0 Å². The van der Waals surface area contributed by atoms with E-state index in [-0.39, 0.29) is 17.1 Å². The maximum atomic E-state index is 15.1. The normalized spacial score (nSPS) is 23.3. The Morgan fingerprint density at radius 1 is 0.625 bits per heavy atom. The number of hydrogen-bond acceptors (Lipinski definition) is 13. The Balaban J connectivity index is 1.61. The van der Waals surface area contributed by atoms with Crippen LogP contribution in [0.4, 0.5) is 0 Å². The molecule has 1 aliphatic heterocycles. The van der Waals surface area contributed by atoms with E-state index in [1.165, 1.54) is 84.9 Å². The van der Waals surface area contributed by atoms with Gasteiger partial charge in [-0.2, -0.15) is 0 Å². The molecule has 5 aromatic carbocycles. The average Bonchev–Trinajstić information content (AvgIpc) is 3.45. The van der Waals surface area contributed by atoms with Crippen molar-refractivity contribution < 1.29 is 63.7 Å². The van der Waals surface area contributed by atoms with Crippen molar-refractivity contribution in [1.82, 2.24) is 0 Å². The molecular formula is C43H36O13. The maximum Gasteiger partial charge on any atom is 0.271 e. The summed E-state index contributed by atoms with van der Waals surface area (Å²) in [5.74, 6) is -12.5.